The van der Waals surface area contributed by atoms with E-state index in [0.29, 0.717) is 39.8 Å². The number of aryl methyl sites for hydroxylation is 1. The van der Waals surface area contributed by atoms with Crippen LogP contribution in [0.2, 0.25) is 10.0 Å². The fourth-order valence-corrected chi connectivity index (χ4v) is 5.97. The standard InChI is InChI=1S/C23H22Cl2N4OS/c1-3-20-26-23(30-28-20)21-13(2)22(19-11-10-18(31-19)14-6-4-5-7-14)29(27-21)17-9-8-15(24)12-16(17)25/h8-12,14H,3-7H2,1-2H3. The summed E-state index contributed by atoms with van der Waals surface area (Å²) in [6, 6.07) is 9.90. The summed E-state index contributed by atoms with van der Waals surface area (Å²) >= 11 is 14.6. The van der Waals surface area contributed by atoms with E-state index in [0.717, 1.165) is 21.8 Å². The van der Waals surface area contributed by atoms with Crippen LogP contribution in [0.4, 0.5) is 0 Å². The van der Waals surface area contributed by atoms with E-state index in [1.165, 1.54) is 30.6 Å². The van der Waals surface area contributed by atoms with Crippen LogP contribution in [0.3, 0.4) is 0 Å². The third-order valence-corrected chi connectivity index (χ3v) is 7.66. The van der Waals surface area contributed by atoms with Gasteiger partial charge in [-0.25, -0.2) is 4.68 Å². The quantitative estimate of drug-likeness (QED) is 0.301. The van der Waals surface area contributed by atoms with Gasteiger partial charge in [-0.15, -0.1) is 11.3 Å². The Kier molecular flexibility index (Phi) is 5.63. The Hall–Kier alpha value is -2.15. The second-order valence-electron chi connectivity index (χ2n) is 7.88. The van der Waals surface area contributed by atoms with Gasteiger partial charge in [-0.1, -0.05) is 48.1 Å². The SMILES string of the molecule is CCc1noc(-c2nn(-c3ccc(Cl)cc3Cl)c(-c3ccc(C4CCCC4)s3)c2C)n1. The molecular weight excluding hydrogens is 451 g/mol. The van der Waals surface area contributed by atoms with Gasteiger partial charge in [0, 0.05) is 21.9 Å². The fraction of sp³-hybridized carbons (Fsp3) is 0.348. The fourth-order valence-electron chi connectivity index (χ4n) is 4.22. The molecule has 4 aromatic rings. The zero-order valence-corrected chi connectivity index (χ0v) is 19.7. The van der Waals surface area contributed by atoms with Crippen LogP contribution >= 0.6 is 34.5 Å². The van der Waals surface area contributed by atoms with E-state index in [1.807, 2.05) is 42.0 Å². The van der Waals surface area contributed by atoms with E-state index >= 15 is 0 Å². The summed E-state index contributed by atoms with van der Waals surface area (Å²) in [5, 5.41) is 10.0. The zero-order chi connectivity index (χ0) is 21.5. The lowest BCUT2D eigenvalue weighted by Gasteiger charge is -2.10. The van der Waals surface area contributed by atoms with Gasteiger partial charge in [0.2, 0.25) is 0 Å². The summed E-state index contributed by atoms with van der Waals surface area (Å²) in [5.41, 5.74) is 3.41. The van der Waals surface area contributed by atoms with E-state index in [9.17, 15) is 0 Å². The van der Waals surface area contributed by atoms with Gasteiger partial charge in [0.05, 0.1) is 21.3 Å². The molecule has 8 heteroatoms. The molecule has 0 aliphatic heterocycles. The molecule has 0 amide bonds. The van der Waals surface area contributed by atoms with Crippen molar-refractivity contribution in [3.63, 3.8) is 0 Å². The van der Waals surface area contributed by atoms with Gasteiger partial charge >= 0.3 is 0 Å². The second kappa shape index (κ2) is 8.41. The lowest BCUT2D eigenvalue weighted by Crippen LogP contribution is -2.00. The molecule has 1 aromatic carbocycles. The predicted molar refractivity (Wildman–Crippen MR) is 126 cm³/mol. The van der Waals surface area contributed by atoms with Crippen LogP contribution in [-0.2, 0) is 6.42 Å². The van der Waals surface area contributed by atoms with Crippen LogP contribution in [0.1, 0.15) is 54.8 Å². The van der Waals surface area contributed by atoms with Crippen molar-refractivity contribution in [1.82, 2.24) is 19.9 Å². The maximum Gasteiger partial charge on any atom is 0.278 e. The lowest BCUT2D eigenvalue weighted by atomic mass is 10.1. The average molecular weight is 473 g/mol. The number of thiophene rings is 1. The average Bonchev–Trinajstić information content (AvgIpc) is 3.53. The van der Waals surface area contributed by atoms with Crippen molar-refractivity contribution in [3.05, 3.63) is 56.6 Å². The summed E-state index contributed by atoms with van der Waals surface area (Å²) in [4.78, 5) is 7.09. The van der Waals surface area contributed by atoms with Crippen molar-refractivity contribution in [1.29, 1.82) is 0 Å². The van der Waals surface area contributed by atoms with Gasteiger partial charge in [0.25, 0.3) is 5.89 Å². The van der Waals surface area contributed by atoms with Crippen LogP contribution in [0, 0.1) is 6.92 Å². The number of benzene rings is 1. The van der Waals surface area contributed by atoms with Crippen LogP contribution in [0.15, 0.2) is 34.9 Å². The smallest absolute Gasteiger partial charge is 0.278 e. The Balaban J connectivity index is 1.68. The van der Waals surface area contributed by atoms with Crippen molar-refractivity contribution < 1.29 is 4.52 Å². The van der Waals surface area contributed by atoms with Crippen LogP contribution in [-0.4, -0.2) is 19.9 Å². The summed E-state index contributed by atoms with van der Waals surface area (Å²) in [6.07, 6.45) is 5.88. The second-order valence-corrected chi connectivity index (χ2v) is 9.84. The first-order valence-electron chi connectivity index (χ1n) is 10.5. The summed E-state index contributed by atoms with van der Waals surface area (Å²) < 4.78 is 7.39. The Morgan fingerprint density at radius 3 is 2.68 bits per heavy atom. The Morgan fingerprint density at radius 2 is 1.97 bits per heavy atom. The molecule has 1 saturated carbocycles. The van der Waals surface area contributed by atoms with E-state index < -0.39 is 0 Å². The molecule has 0 bridgehead atoms. The van der Waals surface area contributed by atoms with Gasteiger partial charge in [0.15, 0.2) is 11.5 Å². The number of aromatic nitrogens is 4. The molecular formula is C23H22Cl2N4OS. The van der Waals surface area contributed by atoms with Crippen molar-refractivity contribution >= 4 is 34.5 Å². The maximum atomic E-state index is 6.57. The highest BCUT2D eigenvalue weighted by Gasteiger charge is 2.26. The molecule has 0 unspecified atom stereocenters. The Bertz CT molecular complexity index is 1240. The first-order valence-corrected chi connectivity index (χ1v) is 12.1. The summed E-state index contributed by atoms with van der Waals surface area (Å²) in [5.74, 6) is 1.75. The highest BCUT2D eigenvalue weighted by Crippen LogP contribution is 2.43. The number of hydrogen-bond donors (Lipinski definition) is 0. The van der Waals surface area contributed by atoms with E-state index in [2.05, 4.69) is 22.3 Å². The largest absolute Gasteiger partial charge is 0.332 e. The Labute approximate surface area is 195 Å². The zero-order valence-electron chi connectivity index (χ0n) is 17.4. The molecule has 5 rings (SSSR count). The predicted octanol–water partition coefficient (Wildman–Crippen LogP) is 7.49. The van der Waals surface area contributed by atoms with Gasteiger partial charge in [-0.3, -0.25) is 0 Å². The minimum atomic E-state index is 0.423. The van der Waals surface area contributed by atoms with Crippen LogP contribution < -0.4 is 0 Å². The molecule has 0 atom stereocenters. The van der Waals surface area contributed by atoms with E-state index in [-0.39, 0.29) is 0 Å². The summed E-state index contributed by atoms with van der Waals surface area (Å²) in [6.45, 7) is 4.04. The molecule has 5 nitrogen and oxygen atoms in total. The van der Waals surface area contributed by atoms with Gasteiger partial charge in [-0.05, 0) is 56.0 Å². The monoisotopic (exact) mass is 472 g/mol. The highest BCUT2D eigenvalue weighted by molar-refractivity contribution is 7.15. The molecule has 31 heavy (non-hydrogen) atoms. The van der Waals surface area contributed by atoms with Crippen LogP contribution in [0.25, 0.3) is 27.8 Å². The molecule has 0 saturated heterocycles. The molecule has 160 valence electrons. The lowest BCUT2D eigenvalue weighted by molar-refractivity contribution is 0.421. The normalized spacial score (nSPS) is 14.6. The van der Waals surface area contributed by atoms with Crippen LogP contribution in [0.5, 0.6) is 0 Å². The molecule has 0 radical (unpaired) electrons. The number of hydrogen-bond acceptors (Lipinski definition) is 5. The molecule has 1 fully saturated rings. The van der Waals surface area contributed by atoms with Crippen molar-refractivity contribution in [2.24, 2.45) is 0 Å². The van der Waals surface area contributed by atoms with Gasteiger partial charge in [-0.2, -0.15) is 10.1 Å². The molecule has 3 aromatic heterocycles. The van der Waals surface area contributed by atoms with E-state index in [1.54, 1.807) is 6.07 Å². The van der Waals surface area contributed by atoms with Crippen molar-refractivity contribution in [2.75, 3.05) is 0 Å². The number of halogens is 2. The van der Waals surface area contributed by atoms with Gasteiger partial charge < -0.3 is 4.52 Å². The maximum absolute atomic E-state index is 6.57. The summed E-state index contributed by atoms with van der Waals surface area (Å²) in [7, 11) is 0. The third kappa shape index (κ3) is 3.81. The van der Waals surface area contributed by atoms with Crippen molar-refractivity contribution in [3.8, 4) is 27.8 Å². The first kappa shape index (κ1) is 20.7. The van der Waals surface area contributed by atoms with Crippen molar-refractivity contribution in [2.45, 2.75) is 51.9 Å². The molecule has 0 spiro atoms. The third-order valence-electron chi connectivity index (χ3n) is 5.86. The minimum Gasteiger partial charge on any atom is -0.332 e. The minimum absolute atomic E-state index is 0.423. The molecule has 0 N–H and O–H groups in total. The van der Waals surface area contributed by atoms with E-state index in [4.69, 9.17) is 32.8 Å². The number of nitrogens with zero attached hydrogens (tertiary/aromatic N) is 4. The highest BCUT2D eigenvalue weighted by atomic mass is 35.5. The van der Waals surface area contributed by atoms with Gasteiger partial charge in [0.1, 0.15) is 0 Å². The Morgan fingerprint density at radius 1 is 1.16 bits per heavy atom. The molecule has 3 heterocycles. The molecule has 1 aliphatic rings. The first-order chi connectivity index (χ1) is 15.0. The topological polar surface area (TPSA) is 56.7 Å². The number of rotatable bonds is 5. The molecule has 1 aliphatic carbocycles.